The lowest BCUT2D eigenvalue weighted by molar-refractivity contribution is 0.0926. The molecule has 0 unspecified atom stereocenters. The molecule has 0 radical (unpaired) electrons. The van der Waals surface area contributed by atoms with Crippen molar-refractivity contribution in [3.05, 3.63) is 0 Å². The van der Waals surface area contributed by atoms with Crippen LogP contribution in [0.4, 0.5) is 0 Å². The van der Waals surface area contributed by atoms with E-state index in [2.05, 4.69) is 25.8 Å². The zero-order valence-corrected chi connectivity index (χ0v) is 14.6. The SMILES string of the molecule is CCOP(OCC)OC(C)(C)C1=N[C@@H](C(C)(C)C)CO1. The van der Waals surface area contributed by atoms with E-state index in [1.165, 1.54) is 0 Å². The van der Waals surface area contributed by atoms with Crippen molar-refractivity contribution in [2.24, 2.45) is 10.4 Å². The molecule has 1 aliphatic heterocycles. The molecule has 0 N–H and O–H groups in total. The van der Waals surface area contributed by atoms with Gasteiger partial charge in [-0.25, -0.2) is 4.99 Å². The number of hydrogen-bond acceptors (Lipinski definition) is 5. The lowest BCUT2D eigenvalue weighted by Gasteiger charge is -2.27. The molecule has 0 aromatic rings. The third kappa shape index (κ3) is 4.96. The summed E-state index contributed by atoms with van der Waals surface area (Å²) in [4.78, 5) is 4.67. The highest BCUT2D eigenvalue weighted by atomic mass is 31.2. The Kier molecular flexibility index (Phi) is 6.39. The Morgan fingerprint density at radius 2 is 1.70 bits per heavy atom. The molecular formula is C14H28NO4P. The van der Waals surface area contributed by atoms with Crippen molar-refractivity contribution < 1.29 is 18.3 Å². The Labute approximate surface area is 124 Å². The van der Waals surface area contributed by atoms with E-state index >= 15 is 0 Å². The highest BCUT2D eigenvalue weighted by molar-refractivity contribution is 7.41. The quantitative estimate of drug-likeness (QED) is 0.669. The molecule has 5 nitrogen and oxygen atoms in total. The molecule has 1 atom stereocenters. The van der Waals surface area contributed by atoms with Crippen LogP contribution in [0.25, 0.3) is 0 Å². The van der Waals surface area contributed by atoms with Crippen molar-refractivity contribution in [2.75, 3.05) is 19.8 Å². The minimum absolute atomic E-state index is 0.0857. The van der Waals surface area contributed by atoms with E-state index in [4.69, 9.17) is 18.3 Å². The number of nitrogens with zero attached hydrogens (tertiary/aromatic N) is 1. The summed E-state index contributed by atoms with van der Waals surface area (Å²) in [7, 11) is -1.37. The van der Waals surface area contributed by atoms with Gasteiger partial charge in [0.2, 0.25) is 5.90 Å². The van der Waals surface area contributed by atoms with Gasteiger partial charge in [0.15, 0.2) is 0 Å². The fourth-order valence-corrected chi connectivity index (χ4v) is 2.73. The monoisotopic (exact) mass is 305 g/mol. The fourth-order valence-electron chi connectivity index (χ4n) is 1.67. The molecule has 0 bridgehead atoms. The Balaban J connectivity index is 2.73. The average Bonchev–Trinajstić information content (AvgIpc) is 2.78. The van der Waals surface area contributed by atoms with Crippen LogP contribution in [-0.4, -0.2) is 37.4 Å². The van der Waals surface area contributed by atoms with Crippen molar-refractivity contribution >= 4 is 14.5 Å². The largest absolute Gasteiger partial charge is 0.477 e. The Bertz CT molecular complexity index is 333. The highest BCUT2D eigenvalue weighted by Crippen LogP contribution is 2.44. The first kappa shape index (κ1) is 17.8. The van der Waals surface area contributed by atoms with Crippen molar-refractivity contribution in [3.8, 4) is 0 Å². The molecule has 0 fully saturated rings. The predicted molar refractivity (Wildman–Crippen MR) is 82.0 cm³/mol. The van der Waals surface area contributed by atoms with Crippen LogP contribution in [-0.2, 0) is 18.3 Å². The first-order valence-corrected chi connectivity index (χ1v) is 8.26. The zero-order valence-electron chi connectivity index (χ0n) is 13.7. The van der Waals surface area contributed by atoms with Gasteiger partial charge in [-0.3, -0.25) is 4.52 Å². The molecule has 1 heterocycles. The molecular weight excluding hydrogens is 277 g/mol. The van der Waals surface area contributed by atoms with Gasteiger partial charge in [0.05, 0.1) is 19.3 Å². The van der Waals surface area contributed by atoms with E-state index in [1.807, 2.05) is 27.7 Å². The van der Waals surface area contributed by atoms with Crippen LogP contribution in [0, 0.1) is 5.41 Å². The van der Waals surface area contributed by atoms with E-state index in [1.54, 1.807) is 0 Å². The average molecular weight is 305 g/mol. The molecule has 0 spiro atoms. The van der Waals surface area contributed by atoms with Gasteiger partial charge in [-0.15, -0.1) is 0 Å². The maximum Gasteiger partial charge on any atom is 0.333 e. The molecule has 0 saturated carbocycles. The third-order valence-corrected chi connectivity index (χ3v) is 4.48. The summed E-state index contributed by atoms with van der Waals surface area (Å²) in [5.41, 5.74) is -0.557. The van der Waals surface area contributed by atoms with Gasteiger partial charge >= 0.3 is 8.60 Å². The van der Waals surface area contributed by atoms with E-state index in [9.17, 15) is 0 Å². The van der Waals surface area contributed by atoms with Crippen molar-refractivity contribution in [1.29, 1.82) is 0 Å². The number of rotatable bonds is 7. The molecule has 0 aromatic heterocycles. The van der Waals surface area contributed by atoms with E-state index < -0.39 is 14.2 Å². The normalized spacial score (nSPS) is 20.2. The van der Waals surface area contributed by atoms with Gasteiger partial charge in [0, 0.05) is 0 Å². The first-order valence-electron chi connectivity index (χ1n) is 7.16. The highest BCUT2D eigenvalue weighted by Gasteiger charge is 2.39. The van der Waals surface area contributed by atoms with Gasteiger partial charge in [-0.05, 0) is 33.1 Å². The summed E-state index contributed by atoms with van der Waals surface area (Å²) in [6.45, 7) is 15.9. The maximum absolute atomic E-state index is 5.93. The zero-order chi connectivity index (χ0) is 15.4. The summed E-state index contributed by atoms with van der Waals surface area (Å²) in [5, 5.41) is 0. The number of ether oxygens (including phenoxy) is 1. The predicted octanol–water partition coefficient (Wildman–Crippen LogP) is 3.92. The molecule has 1 aliphatic rings. The van der Waals surface area contributed by atoms with Crippen molar-refractivity contribution in [1.82, 2.24) is 0 Å². The second kappa shape index (κ2) is 7.17. The number of aliphatic imine (C=N–C) groups is 1. The second-order valence-corrected chi connectivity index (χ2v) is 7.43. The fraction of sp³-hybridized carbons (Fsp3) is 0.929. The third-order valence-electron chi connectivity index (χ3n) is 2.94. The smallest absolute Gasteiger partial charge is 0.333 e. The molecule has 6 heteroatoms. The van der Waals surface area contributed by atoms with Crippen LogP contribution < -0.4 is 0 Å². The van der Waals surface area contributed by atoms with Crippen molar-refractivity contribution in [3.63, 3.8) is 0 Å². The van der Waals surface area contributed by atoms with Crippen LogP contribution in [0.3, 0.4) is 0 Å². The van der Waals surface area contributed by atoms with Crippen molar-refractivity contribution in [2.45, 2.75) is 60.1 Å². The minimum Gasteiger partial charge on any atom is -0.477 e. The summed E-state index contributed by atoms with van der Waals surface area (Å²) in [5.74, 6) is 0.629. The molecule has 20 heavy (non-hydrogen) atoms. The minimum atomic E-state index is -1.37. The van der Waals surface area contributed by atoms with Gasteiger partial charge in [-0.2, -0.15) is 0 Å². The van der Waals surface area contributed by atoms with Crippen LogP contribution in [0.2, 0.25) is 0 Å². The summed E-state index contributed by atoms with van der Waals surface area (Å²) >= 11 is 0. The Morgan fingerprint density at radius 3 is 2.10 bits per heavy atom. The van der Waals surface area contributed by atoms with E-state index in [0.29, 0.717) is 25.7 Å². The Hall–Kier alpha value is -0.220. The van der Waals surface area contributed by atoms with Crippen LogP contribution >= 0.6 is 8.60 Å². The van der Waals surface area contributed by atoms with Crippen LogP contribution in [0.1, 0.15) is 48.5 Å². The standard InChI is InChI=1S/C14H28NO4P/c1-8-17-20(18-9-2)19-14(6,7)12-15-11(10-16-12)13(3,4)5/h11H,8-10H2,1-7H3/t11-/m1/s1. The van der Waals surface area contributed by atoms with Gasteiger partial charge in [-0.1, -0.05) is 20.8 Å². The van der Waals surface area contributed by atoms with Gasteiger partial charge in [0.1, 0.15) is 12.2 Å². The van der Waals surface area contributed by atoms with E-state index in [0.717, 1.165) is 0 Å². The lowest BCUT2D eigenvalue weighted by atomic mass is 9.88. The molecule has 0 aliphatic carbocycles. The lowest BCUT2D eigenvalue weighted by Crippen LogP contribution is -2.34. The van der Waals surface area contributed by atoms with Gasteiger partial charge in [0.25, 0.3) is 0 Å². The maximum atomic E-state index is 5.93. The van der Waals surface area contributed by atoms with Crippen LogP contribution in [0.5, 0.6) is 0 Å². The molecule has 118 valence electrons. The second-order valence-electron chi connectivity index (χ2n) is 6.29. The molecule has 0 amide bonds. The molecule has 1 rings (SSSR count). The number of hydrogen-bond donors (Lipinski definition) is 0. The van der Waals surface area contributed by atoms with Crippen LogP contribution in [0.15, 0.2) is 4.99 Å². The first-order chi connectivity index (χ1) is 9.20. The van der Waals surface area contributed by atoms with E-state index in [-0.39, 0.29) is 11.5 Å². The molecule has 0 saturated heterocycles. The van der Waals surface area contributed by atoms with Gasteiger partial charge < -0.3 is 13.8 Å². The Morgan fingerprint density at radius 1 is 1.15 bits per heavy atom. The summed E-state index contributed by atoms with van der Waals surface area (Å²) in [6, 6.07) is 0.158. The topological polar surface area (TPSA) is 49.3 Å². The molecule has 0 aromatic carbocycles. The summed E-state index contributed by atoms with van der Waals surface area (Å²) in [6.07, 6.45) is 0. The summed E-state index contributed by atoms with van der Waals surface area (Å²) < 4.78 is 22.6.